The Kier molecular flexibility index (Phi) is 7.11. The fourth-order valence-electron chi connectivity index (χ4n) is 5.61. The van der Waals surface area contributed by atoms with Gasteiger partial charge in [-0.25, -0.2) is 4.52 Å². The van der Waals surface area contributed by atoms with Gasteiger partial charge in [0.1, 0.15) is 11.4 Å². The maximum atomic E-state index is 14.1. The zero-order valence-corrected chi connectivity index (χ0v) is 21.4. The number of aliphatic hydroxyl groups excluding tert-OH is 1. The normalized spacial score (nSPS) is 17.6. The van der Waals surface area contributed by atoms with Crippen molar-refractivity contribution >= 4 is 5.65 Å². The third-order valence-electron chi connectivity index (χ3n) is 7.48. The third-order valence-corrected chi connectivity index (χ3v) is 7.48. The topological polar surface area (TPSA) is 92.5 Å². The molecule has 2 aromatic carbocycles. The van der Waals surface area contributed by atoms with Gasteiger partial charge in [-0.15, -0.1) is 0 Å². The van der Waals surface area contributed by atoms with Crippen molar-refractivity contribution in [3.63, 3.8) is 0 Å². The van der Waals surface area contributed by atoms with Gasteiger partial charge < -0.3 is 9.84 Å². The van der Waals surface area contributed by atoms with Crippen LogP contribution in [0, 0.1) is 11.3 Å². The molecule has 37 heavy (non-hydrogen) atoms. The van der Waals surface area contributed by atoms with Gasteiger partial charge in [0.25, 0.3) is 5.56 Å². The predicted molar refractivity (Wildman–Crippen MR) is 143 cm³/mol. The number of methoxy groups -OCH3 is 1. The summed E-state index contributed by atoms with van der Waals surface area (Å²) in [5.74, 6) is 0.681. The molecule has 1 aliphatic carbocycles. The number of benzene rings is 2. The van der Waals surface area contributed by atoms with E-state index in [1.54, 1.807) is 19.4 Å². The molecule has 1 fully saturated rings. The SMILES string of the molecule is CCCc1c(Cc2ccc(-c3ccccc3C#N)cc2OC)c(=O)n(C2CCC(O)CC2)c2ccnn12. The summed E-state index contributed by atoms with van der Waals surface area (Å²) in [4.78, 5) is 14.1. The van der Waals surface area contributed by atoms with E-state index in [-0.39, 0.29) is 17.7 Å². The summed E-state index contributed by atoms with van der Waals surface area (Å²) in [7, 11) is 1.63. The van der Waals surface area contributed by atoms with Crippen LogP contribution >= 0.6 is 0 Å². The van der Waals surface area contributed by atoms with E-state index in [0.717, 1.165) is 59.3 Å². The van der Waals surface area contributed by atoms with Gasteiger partial charge in [-0.2, -0.15) is 10.4 Å². The highest BCUT2D eigenvalue weighted by molar-refractivity contribution is 5.72. The summed E-state index contributed by atoms with van der Waals surface area (Å²) in [6.07, 6.45) is 6.45. The summed E-state index contributed by atoms with van der Waals surface area (Å²) in [5.41, 5.74) is 5.74. The third kappa shape index (κ3) is 4.65. The molecule has 190 valence electrons. The second-order valence-corrected chi connectivity index (χ2v) is 9.77. The van der Waals surface area contributed by atoms with Gasteiger partial charge in [0.05, 0.1) is 36.7 Å². The molecule has 0 radical (unpaired) electrons. The molecular formula is C30H32N4O3. The summed E-state index contributed by atoms with van der Waals surface area (Å²) in [6.45, 7) is 2.11. The Balaban J connectivity index is 1.62. The number of nitrogens with zero attached hydrogens (tertiary/aromatic N) is 4. The lowest BCUT2D eigenvalue weighted by atomic mass is 9.92. The van der Waals surface area contributed by atoms with Gasteiger partial charge in [-0.05, 0) is 60.9 Å². The summed E-state index contributed by atoms with van der Waals surface area (Å²) >= 11 is 0. The fraction of sp³-hybridized carbons (Fsp3) is 0.367. The zero-order valence-electron chi connectivity index (χ0n) is 21.4. The van der Waals surface area contributed by atoms with E-state index >= 15 is 0 Å². The number of aromatic nitrogens is 3. The van der Waals surface area contributed by atoms with Crippen LogP contribution in [0.5, 0.6) is 5.75 Å². The maximum Gasteiger partial charge on any atom is 0.257 e. The van der Waals surface area contributed by atoms with Gasteiger partial charge in [0.2, 0.25) is 0 Å². The Morgan fingerprint density at radius 2 is 1.92 bits per heavy atom. The predicted octanol–water partition coefficient (Wildman–Crippen LogP) is 5.06. The number of aryl methyl sites for hydroxylation is 1. The van der Waals surface area contributed by atoms with Crippen molar-refractivity contribution in [2.45, 2.75) is 64.0 Å². The maximum absolute atomic E-state index is 14.1. The van der Waals surface area contributed by atoms with Crippen molar-refractivity contribution in [1.82, 2.24) is 14.2 Å². The summed E-state index contributed by atoms with van der Waals surface area (Å²) in [5, 5.41) is 24.2. The molecule has 2 heterocycles. The summed E-state index contributed by atoms with van der Waals surface area (Å²) < 4.78 is 9.61. The number of aliphatic hydroxyl groups is 1. The number of hydrogen-bond acceptors (Lipinski definition) is 5. The minimum absolute atomic E-state index is 0.0128. The first-order valence-corrected chi connectivity index (χ1v) is 13.0. The number of hydrogen-bond donors (Lipinski definition) is 1. The lowest BCUT2D eigenvalue weighted by Crippen LogP contribution is -2.34. The Hall–Kier alpha value is -3.89. The first-order valence-electron chi connectivity index (χ1n) is 13.0. The Labute approximate surface area is 216 Å². The van der Waals surface area contributed by atoms with Crippen LogP contribution in [0.1, 0.15) is 67.5 Å². The van der Waals surface area contributed by atoms with Crippen LogP contribution in [0.4, 0.5) is 0 Å². The van der Waals surface area contributed by atoms with Gasteiger partial charge in [-0.3, -0.25) is 9.36 Å². The van der Waals surface area contributed by atoms with Crippen LogP contribution in [0.15, 0.2) is 59.5 Å². The molecule has 0 amide bonds. The molecule has 0 unspecified atom stereocenters. The highest BCUT2D eigenvalue weighted by Crippen LogP contribution is 2.32. The average molecular weight is 497 g/mol. The van der Waals surface area contributed by atoms with E-state index in [4.69, 9.17) is 4.74 Å². The molecule has 5 rings (SSSR count). The van der Waals surface area contributed by atoms with Crippen molar-refractivity contribution in [2.24, 2.45) is 0 Å². The van der Waals surface area contributed by atoms with Crippen LogP contribution in [-0.2, 0) is 12.8 Å². The van der Waals surface area contributed by atoms with Crippen molar-refractivity contribution in [1.29, 1.82) is 5.26 Å². The standard InChI is InChI=1S/C30H32N4O3/c1-3-6-27-26(30(36)33(29-15-16-32-34(27)29)23-11-13-24(35)14-12-23)17-21-10-9-20(18-28(21)37-2)25-8-5-4-7-22(25)19-31/h4-5,7-10,15-16,18,23-24,35H,3,6,11-14,17H2,1-2H3. The van der Waals surface area contributed by atoms with Crippen LogP contribution in [0.2, 0.25) is 0 Å². The number of fused-ring (bicyclic) bond motifs is 1. The smallest absolute Gasteiger partial charge is 0.257 e. The molecule has 7 heteroatoms. The molecule has 0 bridgehead atoms. The lowest BCUT2D eigenvalue weighted by Gasteiger charge is -2.29. The van der Waals surface area contributed by atoms with Gasteiger partial charge in [0.15, 0.2) is 0 Å². The van der Waals surface area contributed by atoms with Crippen LogP contribution < -0.4 is 10.3 Å². The van der Waals surface area contributed by atoms with Gasteiger partial charge in [-0.1, -0.05) is 43.7 Å². The molecule has 1 N–H and O–H groups in total. The molecule has 4 aromatic rings. The quantitative estimate of drug-likeness (QED) is 0.386. The molecule has 0 saturated heterocycles. The fourth-order valence-corrected chi connectivity index (χ4v) is 5.61. The molecule has 0 spiro atoms. The zero-order chi connectivity index (χ0) is 25.9. The lowest BCUT2D eigenvalue weighted by molar-refractivity contribution is 0.110. The average Bonchev–Trinajstić information content (AvgIpc) is 3.41. The van der Waals surface area contributed by atoms with Crippen molar-refractivity contribution in [3.05, 3.63) is 87.5 Å². The van der Waals surface area contributed by atoms with Crippen LogP contribution in [0.25, 0.3) is 16.8 Å². The number of ether oxygens (including phenoxy) is 1. The Morgan fingerprint density at radius 3 is 2.65 bits per heavy atom. The Morgan fingerprint density at radius 1 is 1.14 bits per heavy atom. The highest BCUT2D eigenvalue weighted by atomic mass is 16.5. The van der Waals surface area contributed by atoms with Crippen LogP contribution in [0.3, 0.4) is 0 Å². The van der Waals surface area contributed by atoms with Crippen LogP contribution in [-0.4, -0.2) is 32.5 Å². The first kappa shape index (κ1) is 24.8. The Bertz CT molecular complexity index is 1520. The summed E-state index contributed by atoms with van der Waals surface area (Å²) in [6, 6.07) is 17.6. The number of rotatable bonds is 7. The monoisotopic (exact) mass is 496 g/mol. The largest absolute Gasteiger partial charge is 0.496 e. The highest BCUT2D eigenvalue weighted by Gasteiger charge is 2.26. The van der Waals surface area contributed by atoms with E-state index in [1.807, 2.05) is 51.5 Å². The molecule has 0 atom stereocenters. The van der Waals surface area contributed by atoms with Crippen molar-refractivity contribution in [3.8, 4) is 22.9 Å². The number of nitriles is 1. The second kappa shape index (κ2) is 10.6. The molecule has 1 aliphatic rings. The minimum atomic E-state index is -0.291. The molecular weight excluding hydrogens is 464 g/mol. The molecule has 2 aromatic heterocycles. The van der Waals surface area contributed by atoms with E-state index in [2.05, 4.69) is 18.1 Å². The molecule has 7 nitrogen and oxygen atoms in total. The minimum Gasteiger partial charge on any atom is -0.496 e. The van der Waals surface area contributed by atoms with E-state index in [9.17, 15) is 15.2 Å². The first-order chi connectivity index (χ1) is 18.0. The van der Waals surface area contributed by atoms with E-state index < -0.39 is 0 Å². The van der Waals surface area contributed by atoms with E-state index in [0.29, 0.717) is 30.6 Å². The molecule has 1 saturated carbocycles. The second-order valence-electron chi connectivity index (χ2n) is 9.77. The molecule has 0 aliphatic heterocycles. The van der Waals surface area contributed by atoms with Crippen molar-refractivity contribution in [2.75, 3.05) is 7.11 Å². The van der Waals surface area contributed by atoms with Crippen molar-refractivity contribution < 1.29 is 9.84 Å². The van der Waals surface area contributed by atoms with Gasteiger partial charge in [0, 0.05) is 24.1 Å². The van der Waals surface area contributed by atoms with E-state index in [1.165, 1.54) is 0 Å². The van der Waals surface area contributed by atoms with Gasteiger partial charge >= 0.3 is 0 Å².